The van der Waals surface area contributed by atoms with Crippen molar-refractivity contribution in [1.82, 2.24) is 10.2 Å². The molecule has 3 aromatic carbocycles. The standard InChI is InChI=1S/C33H31N3O6S/c1-3-39-32(38)30-21(2)35-33-36(31(30)24-10-7-11-26(15-24)40-18-22-8-5-4-6-9-22)25(19-43-33)16-29(37)34-17-23-12-13-27-28(14-23)42-20-41-27/h4-15,19,31H,3,16-18,20H2,1-2H3,(H,34,37). The molecule has 3 heterocycles. The molecule has 6 rings (SSSR count). The van der Waals surface area contributed by atoms with Crippen LogP contribution in [0.25, 0.3) is 0 Å². The summed E-state index contributed by atoms with van der Waals surface area (Å²) in [6.07, 6.45) is 0.104. The van der Waals surface area contributed by atoms with E-state index in [9.17, 15) is 9.59 Å². The molecule has 1 unspecified atom stereocenters. The lowest BCUT2D eigenvalue weighted by Gasteiger charge is -2.36. The molecule has 43 heavy (non-hydrogen) atoms. The van der Waals surface area contributed by atoms with Crippen molar-refractivity contribution >= 4 is 28.8 Å². The molecule has 1 amide bonds. The Labute approximate surface area is 254 Å². The molecule has 1 N–H and O–H groups in total. The second-order valence-corrected chi connectivity index (χ2v) is 10.9. The predicted octanol–water partition coefficient (Wildman–Crippen LogP) is 5.84. The molecule has 0 saturated carbocycles. The molecular formula is C33H31N3O6S. The summed E-state index contributed by atoms with van der Waals surface area (Å²) in [7, 11) is 0. The molecule has 0 spiro atoms. The maximum absolute atomic E-state index is 13.3. The topological polar surface area (TPSA) is 98.7 Å². The number of thioether (sulfide) groups is 1. The van der Waals surface area contributed by atoms with Gasteiger partial charge in [0, 0.05) is 12.2 Å². The van der Waals surface area contributed by atoms with E-state index in [2.05, 4.69) is 5.32 Å². The highest BCUT2D eigenvalue weighted by molar-refractivity contribution is 8.16. The summed E-state index contributed by atoms with van der Waals surface area (Å²) < 4.78 is 22.4. The number of allylic oxidation sites excluding steroid dienone is 1. The van der Waals surface area contributed by atoms with Gasteiger partial charge in [-0.2, -0.15) is 0 Å². The molecule has 1 atom stereocenters. The third-order valence-electron chi connectivity index (χ3n) is 7.19. The van der Waals surface area contributed by atoms with Gasteiger partial charge in [-0.25, -0.2) is 9.79 Å². The Balaban J connectivity index is 1.23. The Morgan fingerprint density at radius 3 is 2.70 bits per heavy atom. The molecule has 0 fully saturated rings. The van der Waals surface area contributed by atoms with E-state index in [1.807, 2.05) is 90.0 Å². The van der Waals surface area contributed by atoms with Crippen LogP contribution in [0, 0.1) is 0 Å². The fourth-order valence-electron chi connectivity index (χ4n) is 5.15. The van der Waals surface area contributed by atoms with Crippen LogP contribution in [0.4, 0.5) is 0 Å². The minimum atomic E-state index is -0.547. The van der Waals surface area contributed by atoms with Crippen LogP contribution in [-0.2, 0) is 27.5 Å². The number of hydrogen-bond acceptors (Lipinski definition) is 9. The maximum atomic E-state index is 13.3. The van der Waals surface area contributed by atoms with Crippen molar-refractivity contribution in [2.45, 2.75) is 39.5 Å². The van der Waals surface area contributed by atoms with E-state index in [1.54, 1.807) is 6.92 Å². The molecule has 0 aliphatic carbocycles. The fraction of sp³-hybridized carbons (Fsp3) is 0.242. The Kier molecular flexibility index (Phi) is 8.37. The number of benzene rings is 3. The van der Waals surface area contributed by atoms with Gasteiger partial charge in [-0.1, -0.05) is 60.3 Å². The van der Waals surface area contributed by atoms with Crippen LogP contribution in [0.3, 0.4) is 0 Å². The molecule has 220 valence electrons. The highest BCUT2D eigenvalue weighted by Gasteiger charge is 2.41. The van der Waals surface area contributed by atoms with Crippen molar-refractivity contribution in [2.24, 2.45) is 4.99 Å². The first kappa shape index (κ1) is 28.4. The Hall–Kier alpha value is -4.70. The second-order valence-electron chi connectivity index (χ2n) is 10.1. The van der Waals surface area contributed by atoms with E-state index < -0.39 is 12.0 Å². The lowest BCUT2D eigenvalue weighted by Crippen LogP contribution is -2.38. The van der Waals surface area contributed by atoms with E-state index in [1.165, 1.54) is 11.8 Å². The Morgan fingerprint density at radius 1 is 1.02 bits per heavy atom. The Morgan fingerprint density at radius 2 is 1.86 bits per heavy atom. The van der Waals surface area contributed by atoms with E-state index in [4.69, 9.17) is 23.9 Å². The molecule has 3 aliphatic rings. The molecule has 10 heteroatoms. The van der Waals surface area contributed by atoms with Crippen LogP contribution in [0.2, 0.25) is 0 Å². The summed E-state index contributed by atoms with van der Waals surface area (Å²) in [6, 6.07) is 22.7. The highest BCUT2D eigenvalue weighted by atomic mass is 32.2. The lowest BCUT2D eigenvalue weighted by molar-refractivity contribution is -0.139. The summed E-state index contributed by atoms with van der Waals surface area (Å²) >= 11 is 1.43. The molecule has 0 radical (unpaired) electrons. The van der Waals surface area contributed by atoms with Crippen LogP contribution in [0.1, 0.15) is 43.0 Å². The highest BCUT2D eigenvalue weighted by Crippen LogP contribution is 2.45. The van der Waals surface area contributed by atoms with Crippen molar-refractivity contribution in [3.05, 3.63) is 112 Å². The van der Waals surface area contributed by atoms with Crippen LogP contribution in [0.15, 0.2) is 100 Å². The van der Waals surface area contributed by atoms with Crippen LogP contribution < -0.4 is 19.5 Å². The van der Waals surface area contributed by atoms with Gasteiger partial charge in [-0.15, -0.1) is 0 Å². The number of nitrogens with zero attached hydrogens (tertiary/aromatic N) is 2. The molecule has 3 aliphatic heterocycles. The van der Waals surface area contributed by atoms with Crippen molar-refractivity contribution in [3.63, 3.8) is 0 Å². The summed E-state index contributed by atoms with van der Waals surface area (Å²) in [4.78, 5) is 33.2. The second kappa shape index (κ2) is 12.7. The zero-order valence-electron chi connectivity index (χ0n) is 23.9. The number of aliphatic imine (C=N–C) groups is 1. The van der Waals surface area contributed by atoms with E-state index in [-0.39, 0.29) is 25.7 Å². The molecule has 3 aromatic rings. The average molecular weight is 598 g/mol. The number of carbonyl (C=O) groups excluding carboxylic acids is 2. The molecular weight excluding hydrogens is 566 g/mol. The molecule has 0 bridgehead atoms. The number of ether oxygens (including phenoxy) is 4. The van der Waals surface area contributed by atoms with Gasteiger partial charge in [0.25, 0.3) is 0 Å². The average Bonchev–Trinajstić information content (AvgIpc) is 3.65. The maximum Gasteiger partial charge on any atom is 0.338 e. The van der Waals surface area contributed by atoms with Gasteiger partial charge in [0.05, 0.1) is 30.3 Å². The van der Waals surface area contributed by atoms with Crippen molar-refractivity contribution in [3.8, 4) is 17.2 Å². The minimum Gasteiger partial charge on any atom is -0.489 e. The normalized spacial score (nSPS) is 16.8. The predicted molar refractivity (Wildman–Crippen MR) is 163 cm³/mol. The first-order valence-electron chi connectivity index (χ1n) is 14.0. The van der Waals surface area contributed by atoms with Gasteiger partial charge in [-0.3, -0.25) is 4.79 Å². The smallest absolute Gasteiger partial charge is 0.338 e. The summed E-state index contributed by atoms with van der Waals surface area (Å²) in [5.41, 5.74) is 4.54. The van der Waals surface area contributed by atoms with Crippen molar-refractivity contribution in [1.29, 1.82) is 0 Å². The minimum absolute atomic E-state index is 0.104. The number of hydrogen-bond donors (Lipinski definition) is 1. The van der Waals surface area contributed by atoms with Crippen molar-refractivity contribution in [2.75, 3.05) is 13.4 Å². The zero-order valence-corrected chi connectivity index (χ0v) is 24.7. The third-order valence-corrected chi connectivity index (χ3v) is 8.08. The third kappa shape index (κ3) is 6.24. The summed E-state index contributed by atoms with van der Waals surface area (Å²) in [6.45, 7) is 4.78. The summed E-state index contributed by atoms with van der Waals surface area (Å²) in [5.74, 6) is 1.44. The first-order valence-corrected chi connectivity index (χ1v) is 14.9. The van der Waals surface area contributed by atoms with E-state index in [0.29, 0.717) is 46.8 Å². The van der Waals surface area contributed by atoms with Crippen LogP contribution in [0.5, 0.6) is 17.2 Å². The number of amides is 1. The lowest BCUT2D eigenvalue weighted by atomic mass is 9.93. The largest absolute Gasteiger partial charge is 0.489 e. The summed E-state index contributed by atoms with van der Waals surface area (Å²) in [5, 5.41) is 5.61. The van der Waals surface area contributed by atoms with Gasteiger partial charge >= 0.3 is 5.97 Å². The van der Waals surface area contributed by atoms with Gasteiger partial charge < -0.3 is 29.2 Å². The van der Waals surface area contributed by atoms with Gasteiger partial charge in [0.15, 0.2) is 16.7 Å². The van der Waals surface area contributed by atoms with Crippen LogP contribution in [-0.4, -0.2) is 35.3 Å². The van der Waals surface area contributed by atoms with Gasteiger partial charge in [0.2, 0.25) is 12.7 Å². The number of amidine groups is 1. The number of esters is 1. The molecule has 0 aromatic heterocycles. The monoisotopic (exact) mass is 597 g/mol. The van der Waals surface area contributed by atoms with Crippen molar-refractivity contribution < 1.29 is 28.5 Å². The quantitative estimate of drug-likeness (QED) is 0.291. The molecule has 0 saturated heterocycles. The number of carbonyl (C=O) groups is 2. The molecule has 9 nitrogen and oxygen atoms in total. The van der Waals surface area contributed by atoms with E-state index in [0.717, 1.165) is 22.4 Å². The van der Waals surface area contributed by atoms with E-state index >= 15 is 0 Å². The first-order chi connectivity index (χ1) is 21.0. The Bertz CT molecular complexity index is 1630. The van der Waals surface area contributed by atoms with Crippen LogP contribution >= 0.6 is 11.8 Å². The number of fused-ring (bicyclic) bond motifs is 2. The fourth-order valence-corrected chi connectivity index (χ4v) is 6.11. The number of rotatable bonds is 10. The zero-order chi connectivity index (χ0) is 29.8. The van der Waals surface area contributed by atoms with Gasteiger partial charge in [0.1, 0.15) is 12.4 Å². The SMILES string of the molecule is CCOC(=O)C1=C(C)N=C2SC=C(CC(=O)NCc3ccc4c(c3)OCO4)N2C1c1cccc(OCc2ccccc2)c1. The van der Waals surface area contributed by atoms with Gasteiger partial charge in [-0.05, 0) is 60.2 Å². The number of nitrogens with one attached hydrogen (secondary N) is 1.